The fraction of sp³-hybridized carbons (Fsp3) is 0.533. The number of benzene rings is 1. The van der Waals surface area contributed by atoms with Crippen LogP contribution in [0.4, 0.5) is 0 Å². The standard InChI is InChI=1S/C15H22N2OS2/c1-12(2)18-10-5-8-16-9-11-19-15-17-13-6-3-4-7-14(13)20-15/h3-4,6-7,12,16H,5,8-11H2,1-2H3. The van der Waals surface area contributed by atoms with Crippen LogP contribution in [0.25, 0.3) is 10.2 Å². The van der Waals surface area contributed by atoms with Crippen molar-refractivity contribution in [1.82, 2.24) is 10.3 Å². The van der Waals surface area contributed by atoms with Crippen molar-refractivity contribution in [2.24, 2.45) is 0 Å². The Labute approximate surface area is 129 Å². The number of para-hydroxylation sites is 1. The molecule has 0 amide bonds. The highest BCUT2D eigenvalue weighted by Gasteiger charge is 2.02. The van der Waals surface area contributed by atoms with Gasteiger partial charge in [0.2, 0.25) is 0 Å². The van der Waals surface area contributed by atoms with E-state index in [0.717, 1.165) is 41.7 Å². The maximum absolute atomic E-state index is 5.50. The highest BCUT2D eigenvalue weighted by molar-refractivity contribution is 8.01. The summed E-state index contributed by atoms with van der Waals surface area (Å²) in [6.07, 6.45) is 1.41. The number of ether oxygens (including phenoxy) is 1. The molecule has 0 saturated carbocycles. The van der Waals surface area contributed by atoms with Crippen molar-refractivity contribution in [2.45, 2.75) is 30.7 Å². The van der Waals surface area contributed by atoms with Crippen LogP contribution in [-0.4, -0.2) is 36.5 Å². The second kappa shape index (κ2) is 8.62. The van der Waals surface area contributed by atoms with Crippen LogP contribution in [0.2, 0.25) is 0 Å². The molecule has 0 radical (unpaired) electrons. The Morgan fingerprint density at radius 1 is 1.30 bits per heavy atom. The Kier molecular flexibility index (Phi) is 6.79. The third-order valence-electron chi connectivity index (χ3n) is 2.73. The average Bonchev–Trinajstić information content (AvgIpc) is 2.84. The van der Waals surface area contributed by atoms with Gasteiger partial charge in [0, 0.05) is 18.9 Å². The second-order valence-electron chi connectivity index (χ2n) is 4.82. The van der Waals surface area contributed by atoms with E-state index >= 15 is 0 Å². The van der Waals surface area contributed by atoms with Gasteiger partial charge in [-0.05, 0) is 38.9 Å². The van der Waals surface area contributed by atoms with Gasteiger partial charge >= 0.3 is 0 Å². The van der Waals surface area contributed by atoms with Crippen molar-refractivity contribution in [2.75, 3.05) is 25.4 Å². The molecule has 1 aromatic carbocycles. The van der Waals surface area contributed by atoms with Crippen LogP contribution in [0.15, 0.2) is 28.6 Å². The largest absolute Gasteiger partial charge is 0.379 e. The molecule has 0 bridgehead atoms. The first-order valence-electron chi connectivity index (χ1n) is 7.06. The van der Waals surface area contributed by atoms with Crippen LogP contribution in [0, 0.1) is 0 Å². The molecule has 3 nitrogen and oxygen atoms in total. The van der Waals surface area contributed by atoms with E-state index in [4.69, 9.17) is 4.74 Å². The molecule has 1 aromatic heterocycles. The summed E-state index contributed by atoms with van der Waals surface area (Å²) in [6.45, 7) is 7.02. The van der Waals surface area contributed by atoms with Gasteiger partial charge in [-0.15, -0.1) is 11.3 Å². The fourth-order valence-electron chi connectivity index (χ4n) is 1.76. The predicted molar refractivity (Wildman–Crippen MR) is 88.9 cm³/mol. The van der Waals surface area contributed by atoms with Crippen LogP contribution in [0.1, 0.15) is 20.3 Å². The lowest BCUT2D eigenvalue weighted by atomic mass is 10.3. The summed E-state index contributed by atoms with van der Waals surface area (Å²) in [5, 5.41) is 3.44. The number of nitrogens with zero attached hydrogens (tertiary/aromatic N) is 1. The molecule has 110 valence electrons. The van der Waals surface area contributed by atoms with Crippen LogP contribution in [0.5, 0.6) is 0 Å². The highest BCUT2D eigenvalue weighted by Crippen LogP contribution is 2.28. The normalized spacial score (nSPS) is 11.6. The molecule has 5 heteroatoms. The van der Waals surface area contributed by atoms with E-state index in [1.807, 2.05) is 17.8 Å². The average molecular weight is 310 g/mol. The van der Waals surface area contributed by atoms with Crippen molar-refractivity contribution >= 4 is 33.3 Å². The third kappa shape index (κ3) is 5.40. The molecular weight excluding hydrogens is 288 g/mol. The maximum Gasteiger partial charge on any atom is 0.151 e. The molecule has 0 spiro atoms. The number of hydrogen-bond donors (Lipinski definition) is 1. The number of hydrogen-bond acceptors (Lipinski definition) is 5. The van der Waals surface area contributed by atoms with E-state index in [9.17, 15) is 0 Å². The number of thiazole rings is 1. The molecule has 0 unspecified atom stereocenters. The van der Waals surface area contributed by atoms with Crippen LogP contribution in [0.3, 0.4) is 0 Å². The van der Waals surface area contributed by atoms with Gasteiger partial charge in [0.25, 0.3) is 0 Å². The monoisotopic (exact) mass is 310 g/mol. The summed E-state index contributed by atoms with van der Waals surface area (Å²) in [5.41, 5.74) is 1.11. The zero-order chi connectivity index (χ0) is 14.2. The van der Waals surface area contributed by atoms with Crippen molar-refractivity contribution in [3.05, 3.63) is 24.3 Å². The minimum atomic E-state index is 0.338. The van der Waals surface area contributed by atoms with E-state index in [2.05, 4.69) is 42.3 Å². The van der Waals surface area contributed by atoms with Gasteiger partial charge in [-0.2, -0.15) is 0 Å². The molecule has 0 aliphatic carbocycles. The Morgan fingerprint density at radius 3 is 2.95 bits per heavy atom. The number of aromatic nitrogens is 1. The van der Waals surface area contributed by atoms with E-state index in [0.29, 0.717) is 6.10 Å². The predicted octanol–water partition coefficient (Wildman–Crippen LogP) is 3.79. The number of rotatable bonds is 9. The van der Waals surface area contributed by atoms with Gasteiger partial charge < -0.3 is 10.1 Å². The lowest BCUT2D eigenvalue weighted by Gasteiger charge is -2.07. The first-order chi connectivity index (χ1) is 9.75. The first kappa shape index (κ1) is 15.8. The smallest absolute Gasteiger partial charge is 0.151 e. The molecule has 1 heterocycles. The molecule has 0 fully saturated rings. The lowest BCUT2D eigenvalue weighted by Crippen LogP contribution is -2.20. The van der Waals surface area contributed by atoms with Crippen molar-refractivity contribution in [3.8, 4) is 0 Å². The summed E-state index contributed by atoms with van der Waals surface area (Å²) >= 11 is 3.60. The summed E-state index contributed by atoms with van der Waals surface area (Å²) in [6, 6.07) is 8.31. The van der Waals surface area contributed by atoms with Gasteiger partial charge in [-0.3, -0.25) is 0 Å². The van der Waals surface area contributed by atoms with Gasteiger partial charge in [0.05, 0.1) is 16.3 Å². The lowest BCUT2D eigenvalue weighted by molar-refractivity contribution is 0.0772. The number of nitrogens with one attached hydrogen (secondary N) is 1. The molecule has 0 aliphatic heterocycles. The van der Waals surface area contributed by atoms with Crippen LogP contribution < -0.4 is 5.32 Å². The molecule has 2 rings (SSSR count). The summed E-state index contributed by atoms with van der Waals surface area (Å²) in [4.78, 5) is 4.61. The zero-order valence-electron chi connectivity index (χ0n) is 12.1. The Balaban J connectivity index is 1.57. The van der Waals surface area contributed by atoms with E-state index in [1.54, 1.807) is 11.3 Å². The number of thioether (sulfide) groups is 1. The van der Waals surface area contributed by atoms with Gasteiger partial charge in [0.1, 0.15) is 0 Å². The molecule has 1 N–H and O–H groups in total. The second-order valence-corrected chi connectivity index (χ2v) is 7.19. The topological polar surface area (TPSA) is 34.1 Å². The molecule has 0 aliphatic rings. The quantitative estimate of drug-likeness (QED) is 0.564. The summed E-state index contributed by atoms with van der Waals surface area (Å²) in [7, 11) is 0. The minimum absolute atomic E-state index is 0.338. The molecule has 0 atom stereocenters. The zero-order valence-corrected chi connectivity index (χ0v) is 13.7. The molecular formula is C15H22N2OS2. The SMILES string of the molecule is CC(C)OCCCNCCSc1nc2ccccc2s1. The number of fused-ring (bicyclic) bond motifs is 1. The first-order valence-corrected chi connectivity index (χ1v) is 8.86. The van der Waals surface area contributed by atoms with Crippen LogP contribution >= 0.6 is 23.1 Å². The Bertz CT molecular complexity index is 480. The van der Waals surface area contributed by atoms with Crippen molar-refractivity contribution in [1.29, 1.82) is 0 Å². The third-order valence-corrected chi connectivity index (χ3v) is 4.91. The minimum Gasteiger partial charge on any atom is -0.379 e. The highest BCUT2D eigenvalue weighted by atomic mass is 32.2. The van der Waals surface area contributed by atoms with E-state index in [-0.39, 0.29) is 0 Å². The summed E-state index contributed by atoms with van der Waals surface area (Å²) < 4.78 is 7.93. The maximum atomic E-state index is 5.50. The van der Waals surface area contributed by atoms with Gasteiger partial charge in [-0.1, -0.05) is 23.9 Å². The summed E-state index contributed by atoms with van der Waals surface area (Å²) in [5.74, 6) is 1.06. The van der Waals surface area contributed by atoms with Gasteiger partial charge in [0.15, 0.2) is 4.34 Å². The van der Waals surface area contributed by atoms with Crippen LogP contribution in [-0.2, 0) is 4.74 Å². The van der Waals surface area contributed by atoms with Crippen molar-refractivity contribution < 1.29 is 4.74 Å². The molecule has 0 saturated heterocycles. The Morgan fingerprint density at radius 2 is 2.15 bits per heavy atom. The molecule has 2 aromatic rings. The van der Waals surface area contributed by atoms with E-state index in [1.165, 1.54) is 4.70 Å². The molecule has 20 heavy (non-hydrogen) atoms. The Hall–Kier alpha value is -0.620. The van der Waals surface area contributed by atoms with E-state index < -0.39 is 0 Å². The van der Waals surface area contributed by atoms with Crippen molar-refractivity contribution in [3.63, 3.8) is 0 Å². The fourth-order valence-corrected chi connectivity index (χ4v) is 3.80. The van der Waals surface area contributed by atoms with Gasteiger partial charge in [-0.25, -0.2) is 4.98 Å².